The zero-order chi connectivity index (χ0) is 17.9. The van der Waals surface area contributed by atoms with Gasteiger partial charge in [-0.1, -0.05) is 19.3 Å². The molecule has 136 valence electrons. The Hall–Kier alpha value is -0.980. The van der Waals surface area contributed by atoms with Crippen molar-refractivity contribution >= 4 is 21.8 Å². The third-order valence-electron chi connectivity index (χ3n) is 4.54. The molecule has 2 rings (SSSR count). The molecular weight excluding hydrogens is 385 g/mol. The zero-order valence-electron chi connectivity index (χ0n) is 14.3. The second-order valence-corrected chi connectivity index (χ2v) is 7.34. The second kappa shape index (κ2) is 7.93. The number of nitrogens with zero attached hydrogens (tertiary/aromatic N) is 2. The molecule has 0 spiro atoms. The summed E-state index contributed by atoms with van der Waals surface area (Å²) in [5, 5.41) is 0. The van der Waals surface area contributed by atoms with Crippen molar-refractivity contribution in [3.05, 3.63) is 22.0 Å². The summed E-state index contributed by atoms with van der Waals surface area (Å²) in [5.41, 5.74) is 0.474. The molecule has 0 bridgehead atoms. The minimum atomic E-state index is -4.37. The Morgan fingerprint density at radius 1 is 1.29 bits per heavy atom. The van der Waals surface area contributed by atoms with Crippen molar-refractivity contribution < 1.29 is 17.9 Å². The van der Waals surface area contributed by atoms with Gasteiger partial charge in [0.05, 0.1) is 10.2 Å². The van der Waals surface area contributed by atoms with Gasteiger partial charge < -0.3 is 9.64 Å². The van der Waals surface area contributed by atoms with Crippen LogP contribution in [0.4, 0.5) is 13.2 Å². The molecule has 1 aliphatic carbocycles. The molecule has 1 aliphatic heterocycles. The lowest BCUT2D eigenvalue weighted by atomic mass is 9.87. The quantitative estimate of drug-likeness (QED) is 0.625. The fourth-order valence-electron chi connectivity index (χ4n) is 3.15. The predicted molar refractivity (Wildman–Crippen MR) is 93.0 cm³/mol. The smallest absolute Gasteiger partial charge is 0.422 e. The minimum absolute atomic E-state index is 0.0117. The summed E-state index contributed by atoms with van der Waals surface area (Å²) in [4.78, 5) is 6.80. The topological polar surface area (TPSA) is 24.8 Å². The zero-order valence-corrected chi connectivity index (χ0v) is 15.9. The highest BCUT2D eigenvalue weighted by Crippen LogP contribution is 2.32. The third-order valence-corrected chi connectivity index (χ3v) is 5.16. The molecule has 3 nitrogen and oxygen atoms in total. The van der Waals surface area contributed by atoms with Crippen molar-refractivity contribution in [3.8, 4) is 0 Å². The molecule has 1 heterocycles. The summed E-state index contributed by atoms with van der Waals surface area (Å²) < 4.78 is 43.1. The first-order chi connectivity index (χ1) is 11.2. The number of amidine groups is 1. The fraction of sp³-hybridized carbons (Fsp3) is 0.706. The van der Waals surface area contributed by atoms with E-state index in [4.69, 9.17) is 4.74 Å². The van der Waals surface area contributed by atoms with Gasteiger partial charge in [0.25, 0.3) is 0 Å². The van der Waals surface area contributed by atoms with Gasteiger partial charge in [-0.05, 0) is 48.7 Å². The van der Waals surface area contributed by atoms with Crippen LogP contribution in [0.1, 0.15) is 46.0 Å². The van der Waals surface area contributed by atoms with E-state index < -0.39 is 12.8 Å². The van der Waals surface area contributed by atoms with Crippen molar-refractivity contribution in [2.45, 2.75) is 58.2 Å². The van der Waals surface area contributed by atoms with Crippen LogP contribution >= 0.6 is 15.9 Å². The minimum Gasteiger partial charge on any atom is -0.481 e. The Morgan fingerprint density at radius 2 is 1.92 bits per heavy atom. The van der Waals surface area contributed by atoms with Gasteiger partial charge in [-0.25, -0.2) is 4.99 Å². The van der Waals surface area contributed by atoms with E-state index in [1.54, 1.807) is 6.92 Å². The van der Waals surface area contributed by atoms with E-state index in [2.05, 4.69) is 25.8 Å². The molecule has 1 atom stereocenters. The number of alkyl halides is 3. The van der Waals surface area contributed by atoms with Crippen molar-refractivity contribution in [1.82, 2.24) is 4.90 Å². The molecule has 1 unspecified atom stereocenters. The first kappa shape index (κ1) is 19.3. The number of hydrogen-bond donors (Lipinski definition) is 0. The van der Waals surface area contributed by atoms with Crippen LogP contribution < -0.4 is 0 Å². The Kier molecular flexibility index (Phi) is 6.39. The van der Waals surface area contributed by atoms with E-state index in [0.29, 0.717) is 16.1 Å². The molecule has 24 heavy (non-hydrogen) atoms. The molecule has 1 saturated carbocycles. The van der Waals surface area contributed by atoms with Crippen LogP contribution in [-0.2, 0) is 4.74 Å². The Bertz CT molecular complexity index is 549. The molecule has 2 aliphatic rings. The number of ether oxygens (including phenoxy) is 1. The summed E-state index contributed by atoms with van der Waals surface area (Å²) in [6.45, 7) is 2.39. The molecule has 0 aromatic heterocycles. The number of aliphatic imine (C=N–C) groups is 1. The second-order valence-electron chi connectivity index (χ2n) is 6.49. The molecule has 0 radical (unpaired) electrons. The molecular formula is C17H24BrF3N2O. The molecule has 0 saturated heterocycles. The summed E-state index contributed by atoms with van der Waals surface area (Å²) in [6, 6.07) is 0.0117. The first-order valence-electron chi connectivity index (χ1n) is 8.28. The summed E-state index contributed by atoms with van der Waals surface area (Å²) in [7, 11) is 1.99. The van der Waals surface area contributed by atoms with Gasteiger partial charge in [0.1, 0.15) is 5.84 Å². The fourth-order valence-corrected chi connectivity index (χ4v) is 3.93. The van der Waals surface area contributed by atoms with E-state index in [1.807, 2.05) is 20.0 Å². The number of halogens is 4. The van der Waals surface area contributed by atoms with Crippen LogP contribution in [-0.4, -0.2) is 36.6 Å². The molecule has 0 amide bonds. The standard InChI is InChI=1S/C17H24BrF3N2O/c1-11-9-14(18)15(24-10-17(19,20)21)12(2)22-16(23(11)3)13-7-5-4-6-8-13/h9,11,13H,4-8,10H2,1-3H3/b14-9-,15-12-,22-16-. The van der Waals surface area contributed by atoms with Gasteiger partial charge in [-0.2, -0.15) is 13.2 Å². The Labute approximate surface area is 149 Å². The predicted octanol–water partition coefficient (Wildman–Crippen LogP) is 5.39. The van der Waals surface area contributed by atoms with Gasteiger partial charge in [-0.15, -0.1) is 0 Å². The maximum absolute atomic E-state index is 12.5. The van der Waals surface area contributed by atoms with E-state index in [-0.39, 0.29) is 11.8 Å². The van der Waals surface area contributed by atoms with Crippen molar-refractivity contribution in [1.29, 1.82) is 0 Å². The third kappa shape index (κ3) is 5.01. The summed E-state index contributed by atoms with van der Waals surface area (Å²) >= 11 is 3.35. The van der Waals surface area contributed by atoms with Gasteiger partial charge in [0, 0.05) is 19.0 Å². The van der Waals surface area contributed by atoms with E-state index in [9.17, 15) is 13.2 Å². The average Bonchev–Trinajstić information content (AvgIpc) is 2.51. The average molecular weight is 409 g/mol. The number of hydrogen-bond acceptors (Lipinski definition) is 3. The van der Waals surface area contributed by atoms with Crippen molar-refractivity contribution in [2.24, 2.45) is 10.9 Å². The lowest BCUT2D eigenvalue weighted by Gasteiger charge is -2.34. The number of rotatable bonds is 3. The largest absolute Gasteiger partial charge is 0.481 e. The Balaban J connectivity index is 2.36. The van der Waals surface area contributed by atoms with E-state index in [1.165, 1.54) is 19.3 Å². The highest BCUT2D eigenvalue weighted by Gasteiger charge is 2.31. The lowest BCUT2D eigenvalue weighted by Crippen LogP contribution is -2.40. The Morgan fingerprint density at radius 3 is 2.50 bits per heavy atom. The molecule has 0 aromatic rings. The molecule has 0 aromatic carbocycles. The van der Waals surface area contributed by atoms with Crippen LogP contribution in [0.25, 0.3) is 0 Å². The van der Waals surface area contributed by atoms with Crippen LogP contribution in [0.15, 0.2) is 27.0 Å². The highest BCUT2D eigenvalue weighted by atomic mass is 79.9. The number of likely N-dealkylation sites (N-methyl/N-ethyl adjacent to an activating group) is 1. The normalized spacial score (nSPS) is 31.6. The van der Waals surface area contributed by atoms with Gasteiger partial charge in [-0.3, -0.25) is 0 Å². The van der Waals surface area contributed by atoms with Gasteiger partial charge in [0.15, 0.2) is 12.4 Å². The van der Waals surface area contributed by atoms with Crippen LogP contribution in [0, 0.1) is 5.92 Å². The van der Waals surface area contributed by atoms with Crippen LogP contribution in [0.5, 0.6) is 0 Å². The van der Waals surface area contributed by atoms with Crippen molar-refractivity contribution in [2.75, 3.05) is 13.7 Å². The maximum Gasteiger partial charge on any atom is 0.422 e. The maximum atomic E-state index is 12.5. The molecule has 1 fully saturated rings. The van der Waals surface area contributed by atoms with Gasteiger partial charge in [0.2, 0.25) is 0 Å². The highest BCUT2D eigenvalue weighted by molar-refractivity contribution is 9.11. The monoisotopic (exact) mass is 408 g/mol. The van der Waals surface area contributed by atoms with Crippen LogP contribution in [0.2, 0.25) is 0 Å². The van der Waals surface area contributed by atoms with Crippen LogP contribution in [0.3, 0.4) is 0 Å². The molecule has 0 N–H and O–H groups in total. The van der Waals surface area contributed by atoms with E-state index >= 15 is 0 Å². The summed E-state index contributed by atoms with van der Waals surface area (Å²) in [6.07, 6.45) is 3.23. The van der Waals surface area contributed by atoms with E-state index in [0.717, 1.165) is 18.7 Å². The first-order valence-corrected chi connectivity index (χ1v) is 9.08. The van der Waals surface area contributed by atoms with Gasteiger partial charge >= 0.3 is 6.18 Å². The number of allylic oxidation sites excluding steroid dienone is 2. The van der Waals surface area contributed by atoms with Crippen molar-refractivity contribution in [3.63, 3.8) is 0 Å². The lowest BCUT2D eigenvalue weighted by molar-refractivity contribution is -0.164. The SMILES string of the molecule is CC1=C(OCC(F)(F)F)\C(Br)=C\C(C)N(C)/C(C2CCCCC2)=N\1. The summed E-state index contributed by atoms with van der Waals surface area (Å²) in [5.74, 6) is 1.47. The molecule has 7 heteroatoms.